The number of hydrogen-bond donors (Lipinski definition) is 1. The summed E-state index contributed by atoms with van der Waals surface area (Å²) < 4.78 is 0. The number of nitrogens with zero attached hydrogens (tertiary/aromatic N) is 3. The van der Waals surface area contributed by atoms with Gasteiger partial charge in [0.15, 0.2) is 5.82 Å². The van der Waals surface area contributed by atoms with Gasteiger partial charge in [0, 0.05) is 18.4 Å². The Labute approximate surface area is 114 Å². The van der Waals surface area contributed by atoms with Crippen molar-refractivity contribution in [3.8, 4) is 11.5 Å². The summed E-state index contributed by atoms with van der Waals surface area (Å²) in [6.45, 7) is 9.85. The lowest BCUT2D eigenvalue weighted by Gasteiger charge is -2.08. The minimum absolute atomic E-state index is 0.713. The second kappa shape index (κ2) is 5.89. The molecule has 2 aromatic heterocycles. The van der Waals surface area contributed by atoms with Crippen LogP contribution in [0.2, 0.25) is 0 Å². The maximum absolute atomic E-state index is 4.60. The zero-order chi connectivity index (χ0) is 13.8. The van der Waals surface area contributed by atoms with E-state index < -0.39 is 0 Å². The van der Waals surface area contributed by atoms with Crippen molar-refractivity contribution in [1.29, 1.82) is 0 Å². The van der Waals surface area contributed by atoms with Crippen molar-refractivity contribution in [2.45, 2.75) is 34.2 Å². The van der Waals surface area contributed by atoms with Gasteiger partial charge in [-0.15, -0.1) is 0 Å². The zero-order valence-corrected chi connectivity index (χ0v) is 12.0. The highest BCUT2D eigenvalue weighted by Gasteiger charge is 2.09. The van der Waals surface area contributed by atoms with Crippen LogP contribution >= 0.6 is 0 Å². The number of aryl methyl sites for hydroxylation is 3. The summed E-state index contributed by atoms with van der Waals surface area (Å²) in [5, 5.41) is 3.28. The van der Waals surface area contributed by atoms with E-state index in [0.717, 1.165) is 41.3 Å². The van der Waals surface area contributed by atoms with E-state index in [9.17, 15) is 0 Å². The summed E-state index contributed by atoms with van der Waals surface area (Å²) in [6.07, 6.45) is 1.86. The molecule has 2 aromatic rings. The zero-order valence-electron chi connectivity index (χ0n) is 12.0. The minimum atomic E-state index is 0.713. The van der Waals surface area contributed by atoms with Crippen LogP contribution in [-0.2, 0) is 6.54 Å². The van der Waals surface area contributed by atoms with Crippen LogP contribution in [0.25, 0.3) is 11.5 Å². The van der Waals surface area contributed by atoms with Crippen LogP contribution in [0.15, 0.2) is 18.3 Å². The van der Waals surface area contributed by atoms with Gasteiger partial charge in [-0.1, -0.05) is 13.0 Å². The molecule has 1 N–H and O–H groups in total. The van der Waals surface area contributed by atoms with E-state index in [1.165, 1.54) is 0 Å². The van der Waals surface area contributed by atoms with Gasteiger partial charge < -0.3 is 5.32 Å². The van der Waals surface area contributed by atoms with Crippen LogP contribution in [0, 0.1) is 20.8 Å². The smallest absolute Gasteiger partial charge is 0.178 e. The first-order valence-corrected chi connectivity index (χ1v) is 6.59. The molecule has 0 saturated carbocycles. The first-order valence-electron chi connectivity index (χ1n) is 6.59. The lowest BCUT2D eigenvalue weighted by molar-refractivity contribution is 0.707. The number of hydrogen-bond acceptors (Lipinski definition) is 4. The van der Waals surface area contributed by atoms with Crippen LogP contribution in [0.5, 0.6) is 0 Å². The molecule has 0 atom stereocenters. The molecule has 0 saturated heterocycles. The molecule has 19 heavy (non-hydrogen) atoms. The molecule has 0 aromatic carbocycles. The molecule has 2 rings (SSSR count). The van der Waals surface area contributed by atoms with Crippen molar-refractivity contribution in [3.63, 3.8) is 0 Å². The predicted octanol–water partition coefficient (Wildman–Crippen LogP) is 2.57. The van der Waals surface area contributed by atoms with Crippen LogP contribution < -0.4 is 5.32 Å². The number of aromatic nitrogens is 3. The third-order valence-corrected chi connectivity index (χ3v) is 2.89. The lowest BCUT2D eigenvalue weighted by atomic mass is 10.1. The molecule has 0 fully saturated rings. The summed E-state index contributed by atoms with van der Waals surface area (Å²) in [4.78, 5) is 13.6. The molecule has 0 unspecified atom stereocenters. The fraction of sp³-hybridized carbons (Fsp3) is 0.400. The van der Waals surface area contributed by atoms with Gasteiger partial charge in [0.2, 0.25) is 0 Å². The summed E-state index contributed by atoms with van der Waals surface area (Å²) in [5.74, 6) is 0.713. The van der Waals surface area contributed by atoms with Crippen LogP contribution in [0.4, 0.5) is 0 Å². The van der Waals surface area contributed by atoms with Crippen molar-refractivity contribution in [2.24, 2.45) is 0 Å². The molecule has 2 heterocycles. The largest absolute Gasteiger partial charge is 0.311 e. The molecule has 100 valence electrons. The van der Waals surface area contributed by atoms with E-state index in [2.05, 4.69) is 33.3 Å². The van der Waals surface area contributed by atoms with Crippen LogP contribution in [-0.4, -0.2) is 21.5 Å². The highest BCUT2D eigenvalue weighted by molar-refractivity contribution is 5.55. The standard InChI is InChI=1S/C15H20N4/c1-5-16-9-13-7-12(4)18-15(19-13)14-11(3)6-10(2)8-17-14/h6-8,16H,5,9H2,1-4H3. The van der Waals surface area contributed by atoms with Crippen molar-refractivity contribution in [2.75, 3.05) is 6.54 Å². The second-order valence-corrected chi connectivity index (χ2v) is 4.78. The Hall–Kier alpha value is -1.81. The van der Waals surface area contributed by atoms with Gasteiger partial charge in [-0.25, -0.2) is 9.97 Å². The molecule has 0 bridgehead atoms. The van der Waals surface area contributed by atoms with Gasteiger partial charge in [-0.2, -0.15) is 0 Å². The summed E-state index contributed by atoms with van der Waals surface area (Å²) in [5.41, 5.74) is 5.11. The average Bonchev–Trinajstić information content (AvgIpc) is 2.35. The van der Waals surface area contributed by atoms with Gasteiger partial charge in [0.1, 0.15) is 5.69 Å². The monoisotopic (exact) mass is 256 g/mol. The number of nitrogens with one attached hydrogen (secondary N) is 1. The Morgan fingerprint density at radius 3 is 2.58 bits per heavy atom. The van der Waals surface area contributed by atoms with E-state index in [1.807, 2.05) is 33.0 Å². The topological polar surface area (TPSA) is 50.7 Å². The van der Waals surface area contributed by atoms with E-state index in [0.29, 0.717) is 5.82 Å². The molecule has 0 spiro atoms. The average molecular weight is 256 g/mol. The number of pyridine rings is 1. The first-order chi connectivity index (χ1) is 9.10. The van der Waals surface area contributed by atoms with Gasteiger partial charge in [-0.3, -0.25) is 4.98 Å². The molecule has 0 radical (unpaired) electrons. The van der Waals surface area contributed by atoms with Crippen LogP contribution in [0.1, 0.15) is 29.4 Å². The quantitative estimate of drug-likeness (QED) is 0.913. The maximum Gasteiger partial charge on any atom is 0.178 e. The molecule has 0 aliphatic rings. The molecular formula is C15H20N4. The fourth-order valence-corrected chi connectivity index (χ4v) is 2.03. The van der Waals surface area contributed by atoms with Crippen molar-refractivity contribution in [1.82, 2.24) is 20.3 Å². The fourth-order valence-electron chi connectivity index (χ4n) is 2.03. The Kier molecular flexibility index (Phi) is 4.22. The summed E-state index contributed by atoms with van der Waals surface area (Å²) in [7, 11) is 0. The van der Waals surface area contributed by atoms with E-state index in [-0.39, 0.29) is 0 Å². The second-order valence-electron chi connectivity index (χ2n) is 4.78. The van der Waals surface area contributed by atoms with E-state index in [1.54, 1.807) is 0 Å². The Morgan fingerprint density at radius 1 is 1.11 bits per heavy atom. The van der Waals surface area contributed by atoms with E-state index >= 15 is 0 Å². The van der Waals surface area contributed by atoms with E-state index in [4.69, 9.17) is 0 Å². The summed E-state index contributed by atoms with van der Waals surface area (Å²) >= 11 is 0. The third-order valence-electron chi connectivity index (χ3n) is 2.89. The van der Waals surface area contributed by atoms with Crippen molar-refractivity contribution in [3.05, 3.63) is 40.8 Å². The molecular weight excluding hydrogens is 236 g/mol. The third kappa shape index (κ3) is 3.35. The summed E-state index contributed by atoms with van der Waals surface area (Å²) in [6, 6.07) is 4.12. The van der Waals surface area contributed by atoms with Gasteiger partial charge in [-0.05, 0) is 44.5 Å². The van der Waals surface area contributed by atoms with Gasteiger partial charge in [0.25, 0.3) is 0 Å². The van der Waals surface area contributed by atoms with Gasteiger partial charge >= 0.3 is 0 Å². The number of rotatable bonds is 4. The SMILES string of the molecule is CCNCc1cc(C)nc(-c2ncc(C)cc2C)n1. The lowest BCUT2D eigenvalue weighted by Crippen LogP contribution is -2.14. The molecule has 0 amide bonds. The Morgan fingerprint density at radius 2 is 1.89 bits per heavy atom. The Bertz CT molecular complexity index is 578. The normalized spacial score (nSPS) is 10.7. The van der Waals surface area contributed by atoms with Gasteiger partial charge in [0.05, 0.1) is 5.69 Å². The minimum Gasteiger partial charge on any atom is -0.311 e. The van der Waals surface area contributed by atoms with Crippen molar-refractivity contribution >= 4 is 0 Å². The predicted molar refractivity (Wildman–Crippen MR) is 76.9 cm³/mol. The van der Waals surface area contributed by atoms with Crippen molar-refractivity contribution < 1.29 is 0 Å². The molecule has 4 heteroatoms. The molecule has 4 nitrogen and oxygen atoms in total. The maximum atomic E-state index is 4.60. The van der Waals surface area contributed by atoms with Crippen LogP contribution in [0.3, 0.4) is 0 Å². The Balaban J connectivity index is 2.41. The first kappa shape index (κ1) is 13.6. The highest BCUT2D eigenvalue weighted by Crippen LogP contribution is 2.18. The molecule has 0 aliphatic carbocycles. The molecule has 0 aliphatic heterocycles. The highest BCUT2D eigenvalue weighted by atomic mass is 15.0.